The van der Waals surface area contributed by atoms with Crippen LogP contribution < -0.4 is 5.32 Å². The number of carboxylic acids is 1. The second-order valence-corrected chi connectivity index (χ2v) is 3.50. The minimum atomic E-state index is -1.11. The Morgan fingerprint density at radius 2 is 1.65 bits per heavy atom. The molecule has 0 bridgehead atoms. The standard InChI is InChI=1S/C12H21NO7/c1-2-17-5-6-19-8-7-18-4-3-13-11(14)9-20-10-12(15)16/h2H,1,3-10H2,(H,13,14)(H,15,16). The topological polar surface area (TPSA) is 103 Å². The summed E-state index contributed by atoms with van der Waals surface area (Å²) in [4.78, 5) is 21.3. The van der Waals surface area contributed by atoms with Crippen molar-refractivity contribution in [1.29, 1.82) is 0 Å². The normalized spacial score (nSPS) is 10.0. The van der Waals surface area contributed by atoms with Crippen molar-refractivity contribution in [2.75, 3.05) is 52.8 Å². The van der Waals surface area contributed by atoms with Gasteiger partial charge in [-0.3, -0.25) is 4.79 Å². The molecule has 0 saturated carbocycles. The Morgan fingerprint density at radius 1 is 1.00 bits per heavy atom. The van der Waals surface area contributed by atoms with Crippen LogP contribution in [0.5, 0.6) is 0 Å². The second-order valence-electron chi connectivity index (χ2n) is 3.50. The number of carboxylic acid groups (broad SMARTS) is 1. The van der Waals surface area contributed by atoms with Gasteiger partial charge in [-0.25, -0.2) is 4.79 Å². The third kappa shape index (κ3) is 14.4. The molecular formula is C12H21NO7. The average Bonchev–Trinajstić information content (AvgIpc) is 2.40. The van der Waals surface area contributed by atoms with Crippen LogP contribution in [0.1, 0.15) is 0 Å². The monoisotopic (exact) mass is 291 g/mol. The Bertz CT molecular complexity index is 283. The largest absolute Gasteiger partial charge is 0.499 e. The van der Waals surface area contributed by atoms with E-state index >= 15 is 0 Å². The SMILES string of the molecule is C=COCCOCCOCCNC(=O)COCC(=O)O. The molecule has 0 rings (SSSR count). The van der Waals surface area contributed by atoms with Gasteiger partial charge in [0.15, 0.2) is 0 Å². The van der Waals surface area contributed by atoms with Crippen molar-refractivity contribution in [3.63, 3.8) is 0 Å². The summed E-state index contributed by atoms with van der Waals surface area (Å²) < 4.78 is 19.8. The van der Waals surface area contributed by atoms with E-state index in [1.54, 1.807) is 0 Å². The Morgan fingerprint density at radius 3 is 2.30 bits per heavy atom. The maximum atomic E-state index is 11.1. The van der Waals surface area contributed by atoms with Crippen molar-refractivity contribution < 1.29 is 33.6 Å². The van der Waals surface area contributed by atoms with Gasteiger partial charge in [0.05, 0.1) is 32.7 Å². The maximum absolute atomic E-state index is 11.1. The predicted octanol–water partition coefficient (Wildman–Crippen LogP) is -0.603. The van der Waals surface area contributed by atoms with Gasteiger partial charge in [0.1, 0.15) is 19.8 Å². The molecule has 0 heterocycles. The molecule has 116 valence electrons. The zero-order chi connectivity index (χ0) is 15.1. The molecule has 0 fully saturated rings. The average molecular weight is 291 g/mol. The van der Waals surface area contributed by atoms with Crippen LogP contribution in [-0.4, -0.2) is 69.8 Å². The highest BCUT2D eigenvalue weighted by molar-refractivity contribution is 5.77. The van der Waals surface area contributed by atoms with E-state index in [9.17, 15) is 9.59 Å². The summed E-state index contributed by atoms with van der Waals surface area (Å²) >= 11 is 0. The van der Waals surface area contributed by atoms with Crippen LogP contribution in [0.25, 0.3) is 0 Å². The summed E-state index contributed by atoms with van der Waals surface area (Å²) in [7, 11) is 0. The van der Waals surface area contributed by atoms with Crippen LogP contribution in [-0.2, 0) is 28.5 Å². The quantitative estimate of drug-likeness (QED) is 0.325. The fourth-order valence-corrected chi connectivity index (χ4v) is 1.06. The van der Waals surface area contributed by atoms with E-state index in [0.29, 0.717) is 39.6 Å². The molecule has 0 spiro atoms. The molecule has 0 radical (unpaired) electrons. The van der Waals surface area contributed by atoms with E-state index < -0.39 is 12.6 Å². The van der Waals surface area contributed by atoms with Crippen molar-refractivity contribution in [2.45, 2.75) is 0 Å². The molecule has 0 aliphatic heterocycles. The molecule has 0 aromatic carbocycles. The van der Waals surface area contributed by atoms with Crippen LogP contribution in [0, 0.1) is 0 Å². The highest BCUT2D eigenvalue weighted by Crippen LogP contribution is 1.81. The molecular weight excluding hydrogens is 270 g/mol. The summed E-state index contributed by atoms with van der Waals surface area (Å²) in [6.45, 7) is 5.08. The second kappa shape index (κ2) is 13.8. The van der Waals surface area contributed by atoms with Crippen molar-refractivity contribution in [1.82, 2.24) is 5.32 Å². The lowest BCUT2D eigenvalue weighted by molar-refractivity contribution is -0.143. The van der Waals surface area contributed by atoms with Crippen molar-refractivity contribution in [3.05, 3.63) is 12.8 Å². The molecule has 2 N–H and O–H groups in total. The fraction of sp³-hybridized carbons (Fsp3) is 0.667. The highest BCUT2D eigenvalue weighted by Gasteiger charge is 2.02. The first-order valence-corrected chi connectivity index (χ1v) is 6.11. The summed E-state index contributed by atoms with van der Waals surface area (Å²) in [5.74, 6) is -1.49. The fourth-order valence-electron chi connectivity index (χ4n) is 1.06. The lowest BCUT2D eigenvalue weighted by Gasteiger charge is -2.07. The van der Waals surface area contributed by atoms with Gasteiger partial charge in [-0.15, -0.1) is 0 Å². The molecule has 1 amide bonds. The van der Waals surface area contributed by atoms with Gasteiger partial charge in [-0.05, 0) is 0 Å². The van der Waals surface area contributed by atoms with Gasteiger partial charge in [0, 0.05) is 6.54 Å². The van der Waals surface area contributed by atoms with Gasteiger partial charge in [-0.2, -0.15) is 0 Å². The van der Waals surface area contributed by atoms with E-state index in [1.807, 2.05) is 0 Å². The van der Waals surface area contributed by atoms with Crippen LogP contribution in [0.4, 0.5) is 0 Å². The summed E-state index contributed by atoms with van der Waals surface area (Å²) in [6.07, 6.45) is 1.35. The van der Waals surface area contributed by atoms with Gasteiger partial charge in [0.2, 0.25) is 5.91 Å². The van der Waals surface area contributed by atoms with Gasteiger partial charge in [0.25, 0.3) is 0 Å². The van der Waals surface area contributed by atoms with Crippen LogP contribution in [0.2, 0.25) is 0 Å². The first-order valence-electron chi connectivity index (χ1n) is 6.11. The van der Waals surface area contributed by atoms with Crippen LogP contribution in [0.3, 0.4) is 0 Å². The van der Waals surface area contributed by atoms with E-state index in [-0.39, 0.29) is 12.5 Å². The Hall–Kier alpha value is -1.64. The highest BCUT2D eigenvalue weighted by atomic mass is 16.5. The molecule has 20 heavy (non-hydrogen) atoms. The van der Waals surface area contributed by atoms with Crippen LogP contribution >= 0.6 is 0 Å². The minimum absolute atomic E-state index is 0.279. The molecule has 0 saturated heterocycles. The van der Waals surface area contributed by atoms with E-state index in [0.717, 1.165) is 0 Å². The van der Waals surface area contributed by atoms with E-state index in [1.165, 1.54) is 6.26 Å². The summed E-state index contributed by atoms with van der Waals surface area (Å²) in [6, 6.07) is 0. The number of ether oxygens (including phenoxy) is 4. The molecule has 0 unspecified atom stereocenters. The van der Waals surface area contributed by atoms with Crippen LogP contribution in [0.15, 0.2) is 12.8 Å². The summed E-state index contributed by atoms with van der Waals surface area (Å²) in [5, 5.41) is 10.8. The third-order valence-electron chi connectivity index (χ3n) is 1.86. The Labute approximate surface area is 117 Å². The molecule has 0 atom stereocenters. The van der Waals surface area contributed by atoms with Gasteiger partial charge >= 0.3 is 5.97 Å². The zero-order valence-corrected chi connectivity index (χ0v) is 11.3. The molecule has 0 aliphatic rings. The summed E-state index contributed by atoms with van der Waals surface area (Å²) in [5.41, 5.74) is 0. The maximum Gasteiger partial charge on any atom is 0.329 e. The smallest absolute Gasteiger partial charge is 0.329 e. The molecule has 0 aromatic heterocycles. The van der Waals surface area contributed by atoms with Gasteiger partial charge < -0.3 is 29.4 Å². The lowest BCUT2D eigenvalue weighted by Crippen LogP contribution is -2.31. The minimum Gasteiger partial charge on any atom is -0.499 e. The number of hydrogen-bond donors (Lipinski definition) is 2. The van der Waals surface area contributed by atoms with Gasteiger partial charge in [-0.1, -0.05) is 6.58 Å². The third-order valence-corrected chi connectivity index (χ3v) is 1.86. The zero-order valence-electron chi connectivity index (χ0n) is 11.3. The lowest BCUT2D eigenvalue weighted by atomic mass is 10.6. The molecule has 0 aliphatic carbocycles. The first-order chi connectivity index (χ1) is 9.66. The molecule has 8 heteroatoms. The van der Waals surface area contributed by atoms with E-state index in [4.69, 9.17) is 19.3 Å². The Balaban J connectivity index is 3.17. The number of aliphatic carboxylic acids is 1. The van der Waals surface area contributed by atoms with E-state index in [2.05, 4.69) is 16.6 Å². The molecule has 8 nitrogen and oxygen atoms in total. The number of carbonyl (C=O) groups is 2. The van der Waals surface area contributed by atoms with Crippen molar-refractivity contribution >= 4 is 11.9 Å². The number of carbonyl (C=O) groups excluding carboxylic acids is 1. The number of nitrogens with one attached hydrogen (secondary N) is 1. The number of hydrogen-bond acceptors (Lipinski definition) is 6. The Kier molecular flexibility index (Phi) is 12.7. The van der Waals surface area contributed by atoms with Crippen molar-refractivity contribution in [3.8, 4) is 0 Å². The predicted molar refractivity (Wildman–Crippen MR) is 69.3 cm³/mol. The van der Waals surface area contributed by atoms with Crippen molar-refractivity contribution in [2.24, 2.45) is 0 Å². The molecule has 0 aromatic rings. The number of rotatable bonds is 14. The number of amides is 1. The first kappa shape index (κ1) is 18.4.